The smallest absolute Gasteiger partial charge is 0.0233 e. The van der Waals surface area contributed by atoms with Crippen LogP contribution in [0.5, 0.6) is 0 Å². The van der Waals surface area contributed by atoms with Crippen molar-refractivity contribution in [2.45, 2.75) is 38.8 Å². The Labute approximate surface area is 105 Å². The molecular weight excluding hydrogens is 208 g/mol. The van der Waals surface area contributed by atoms with Crippen LogP contribution < -0.4 is 5.32 Å². The minimum atomic E-state index is 0.966. The first-order valence-electron chi connectivity index (χ1n) is 6.83. The van der Waals surface area contributed by atoms with Gasteiger partial charge in [-0.3, -0.25) is 4.90 Å². The summed E-state index contributed by atoms with van der Waals surface area (Å²) in [6, 6.07) is 8.97. The molecule has 1 heterocycles. The van der Waals surface area contributed by atoms with Crippen LogP contribution in [0.1, 0.15) is 36.8 Å². The molecule has 2 rings (SSSR count). The third-order valence-corrected chi connectivity index (χ3v) is 3.48. The molecule has 0 saturated carbocycles. The van der Waals surface area contributed by atoms with Crippen molar-refractivity contribution >= 4 is 0 Å². The maximum absolute atomic E-state index is 3.21. The summed E-state index contributed by atoms with van der Waals surface area (Å²) in [4.78, 5) is 2.60. The highest BCUT2D eigenvalue weighted by Gasteiger charge is 2.09. The molecule has 1 aromatic rings. The molecule has 2 nitrogen and oxygen atoms in total. The fourth-order valence-electron chi connectivity index (χ4n) is 2.59. The maximum atomic E-state index is 3.21. The standard InChI is InChI=1S/C15H24N2/c1-16-12-14-7-6-8-15(11-14)13-17-9-4-2-3-5-10-17/h6-8,11,16H,2-5,9-10,12-13H2,1H3. The molecular formula is C15H24N2. The summed E-state index contributed by atoms with van der Waals surface area (Å²) in [6.07, 6.45) is 5.57. The molecule has 1 N–H and O–H groups in total. The lowest BCUT2D eigenvalue weighted by molar-refractivity contribution is 0.277. The lowest BCUT2D eigenvalue weighted by Crippen LogP contribution is -2.24. The topological polar surface area (TPSA) is 15.3 Å². The van der Waals surface area contributed by atoms with Crippen LogP contribution in [0.2, 0.25) is 0 Å². The van der Waals surface area contributed by atoms with Crippen LogP contribution in [0.3, 0.4) is 0 Å². The van der Waals surface area contributed by atoms with E-state index in [2.05, 4.69) is 34.5 Å². The van der Waals surface area contributed by atoms with Crippen LogP contribution in [-0.2, 0) is 13.1 Å². The highest BCUT2D eigenvalue weighted by atomic mass is 15.1. The lowest BCUT2D eigenvalue weighted by Gasteiger charge is -2.20. The van der Waals surface area contributed by atoms with Crippen LogP contribution >= 0.6 is 0 Å². The molecule has 0 unspecified atom stereocenters. The predicted octanol–water partition coefficient (Wildman–Crippen LogP) is 2.78. The zero-order chi connectivity index (χ0) is 11.9. The van der Waals surface area contributed by atoms with Crippen molar-refractivity contribution in [2.24, 2.45) is 0 Å². The van der Waals surface area contributed by atoms with Gasteiger partial charge in [0.1, 0.15) is 0 Å². The molecule has 0 bridgehead atoms. The van der Waals surface area contributed by atoms with Crippen molar-refractivity contribution < 1.29 is 0 Å². The number of nitrogens with one attached hydrogen (secondary N) is 1. The van der Waals surface area contributed by atoms with Crippen LogP contribution in [0, 0.1) is 0 Å². The zero-order valence-electron chi connectivity index (χ0n) is 10.9. The normalized spacial score (nSPS) is 17.9. The molecule has 1 saturated heterocycles. The molecule has 2 heteroatoms. The van der Waals surface area contributed by atoms with Crippen molar-refractivity contribution in [3.8, 4) is 0 Å². The van der Waals surface area contributed by atoms with E-state index in [1.54, 1.807) is 0 Å². The summed E-state index contributed by atoms with van der Waals surface area (Å²) in [5.41, 5.74) is 2.85. The quantitative estimate of drug-likeness (QED) is 0.858. The van der Waals surface area contributed by atoms with Gasteiger partial charge in [-0.1, -0.05) is 37.1 Å². The van der Waals surface area contributed by atoms with Gasteiger partial charge in [-0.25, -0.2) is 0 Å². The Morgan fingerprint density at radius 2 is 1.76 bits per heavy atom. The van der Waals surface area contributed by atoms with E-state index in [9.17, 15) is 0 Å². The highest BCUT2D eigenvalue weighted by Crippen LogP contribution is 2.14. The van der Waals surface area contributed by atoms with Crippen LogP contribution in [-0.4, -0.2) is 25.0 Å². The number of rotatable bonds is 4. The summed E-state index contributed by atoms with van der Waals surface area (Å²) < 4.78 is 0. The fraction of sp³-hybridized carbons (Fsp3) is 0.600. The second-order valence-corrected chi connectivity index (χ2v) is 5.04. The average molecular weight is 232 g/mol. The summed E-state index contributed by atoms with van der Waals surface area (Å²) >= 11 is 0. The highest BCUT2D eigenvalue weighted by molar-refractivity contribution is 5.23. The van der Waals surface area contributed by atoms with E-state index in [-0.39, 0.29) is 0 Å². The van der Waals surface area contributed by atoms with E-state index in [1.807, 2.05) is 7.05 Å². The van der Waals surface area contributed by atoms with Crippen molar-refractivity contribution in [1.29, 1.82) is 0 Å². The first-order chi connectivity index (χ1) is 8.38. The summed E-state index contributed by atoms with van der Waals surface area (Å²) in [6.45, 7) is 4.64. The van der Waals surface area contributed by atoms with Crippen molar-refractivity contribution in [1.82, 2.24) is 10.2 Å². The minimum absolute atomic E-state index is 0.966. The van der Waals surface area contributed by atoms with Gasteiger partial charge in [0.25, 0.3) is 0 Å². The second-order valence-electron chi connectivity index (χ2n) is 5.04. The van der Waals surface area contributed by atoms with E-state index in [4.69, 9.17) is 0 Å². The van der Waals surface area contributed by atoms with Gasteiger partial charge >= 0.3 is 0 Å². The van der Waals surface area contributed by atoms with Gasteiger partial charge in [-0.05, 0) is 44.1 Å². The Morgan fingerprint density at radius 3 is 2.47 bits per heavy atom. The van der Waals surface area contributed by atoms with E-state index < -0.39 is 0 Å². The molecule has 17 heavy (non-hydrogen) atoms. The third kappa shape index (κ3) is 4.14. The fourth-order valence-corrected chi connectivity index (χ4v) is 2.59. The maximum Gasteiger partial charge on any atom is 0.0233 e. The molecule has 0 radical (unpaired) electrons. The zero-order valence-corrected chi connectivity index (χ0v) is 10.9. The van der Waals surface area contributed by atoms with E-state index in [0.29, 0.717) is 0 Å². The number of hydrogen-bond acceptors (Lipinski definition) is 2. The first kappa shape index (κ1) is 12.6. The molecule has 0 aromatic heterocycles. The number of hydrogen-bond donors (Lipinski definition) is 1. The van der Waals surface area contributed by atoms with Crippen molar-refractivity contribution in [3.63, 3.8) is 0 Å². The van der Waals surface area contributed by atoms with Crippen LogP contribution in [0.15, 0.2) is 24.3 Å². The van der Waals surface area contributed by atoms with Crippen molar-refractivity contribution in [2.75, 3.05) is 20.1 Å². The van der Waals surface area contributed by atoms with Crippen LogP contribution in [0.25, 0.3) is 0 Å². The van der Waals surface area contributed by atoms with Gasteiger partial charge in [-0.15, -0.1) is 0 Å². The molecule has 1 aromatic carbocycles. The van der Waals surface area contributed by atoms with E-state index in [0.717, 1.165) is 13.1 Å². The Morgan fingerprint density at radius 1 is 1.06 bits per heavy atom. The first-order valence-corrected chi connectivity index (χ1v) is 6.83. The number of likely N-dealkylation sites (tertiary alicyclic amines) is 1. The molecule has 1 aliphatic rings. The predicted molar refractivity (Wildman–Crippen MR) is 73.0 cm³/mol. The van der Waals surface area contributed by atoms with Gasteiger partial charge < -0.3 is 5.32 Å². The Hall–Kier alpha value is -0.860. The molecule has 0 spiro atoms. The largest absolute Gasteiger partial charge is 0.316 e. The van der Waals surface area contributed by atoms with E-state index in [1.165, 1.54) is 49.9 Å². The van der Waals surface area contributed by atoms with Gasteiger partial charge in [0.05, 0.1) is 0 Å². The van der Waals surface area contributed by atoms with Gasteiger partial charge in [0.15, 0.2) is 0 Å². The monoisotopic (exact) mass is 232 g/mol. The number of benzene rings is 1. The average Bonchev–Trinajstić information content (AvgIpc) is 2.59. The number of nitrogens with zero attached hydrogens (tertiary/aromatic N) is 1. The molecule has 0 aliphatic carbocycles. The minimum Gasteiger partial charge on any atom is -0.316 e. The lowest BCUT2D eigenvalue weighted by atomic mass is 10.1. The Bertz CT molecular complexity index is 327. The van der Waals surface area contributed by atoms with E-state index >= 15 is 0 Å². The Kier molecular flexibility index (Phi) is 5.02. The SMILES string of the molecule is CNCc1cccc(CN2CCCCCC2)c1. The molecule has 94 valence electrons. The molecule has 0 amide bonds. The summed E-state index contributed by atoms with van der Waals surface area (Å²) in [5.74, 6) is 0. The van der Waals surface area contributed by atoms with Gasteiger partial charge in [-0.2, -0.15) is 0 Å². The Balaban J connectivity index is 1.94. The third-order valence-electron chi connectivity index (χ3n) is 3.48. The molecule has 1 fully saturated rings. The summed E-state index contributed by atoms with van der Waals surface area (Å²) in [7, 11) is 2.00. The molecule has 1 aliphatic heterocycles. The van der Waals surface area contributed by atoms with Crippen molar-refractivity contribution in [3.05, 3.63) is 35.4 Å². The van der Waals surface area contributed by atoms with Gasteiger partial charge in [0, 0.05) is 13.1 Å². The van der Waals surface area contributed by atoms with Crippen LogP contribution in [0.4, 0.5) is 0 Å². The summed E-state index contributed by atoms with van der Waals surface area (Å²) in [5, 5.41) is 3.21. The second kappa shape index (κ2) is 6.77. The molecule has 0 atom stereocenters. The van der Waals surface area contributed by atoms with Gasteiger partial charge in [0.2, 0.25) is 0 Å².